The van der Waals surface area contributed by atoms with Crippen molar-refractivity contribution in [3.8, 4) is 0 Å². The first-order valence-electron chi connectivity index (χ1n) is 6.26. The summed E-state index contributed by atoms with van der Waals surface area (Å²) < 4.78 is 5.51. The Bertz CT molecular complexity index is 254. The molecule has 0 atom stereocenters. The second kappa shape index (κ2) is 4.72. The van der Waals surface area contributed by atoms with Crippen LogP contribution < -0.4 is 5.32 Å². The fourth-order valence-electron chi connectivity index (χ4n) is 2.53. The van der Waals surface area contributed by atoms with Crippen molar-refractivity contribution in [1.82, 2.24) is 10.2 Å². The number of carbonyl (C=O) groups is 1. The molecule has 0 aromatic rings. The molecule has 1 heterocycles. The summed E-state index contributed by atoms with van der Waals surface area (Å²) in [5.74, 6) is 0.260. The highest BCUT2D eigenvalue weighted by atomic mass is 16.5. The van der Waals surface area contributed by atoms with Gasteiger partial charge in [-0.15, -0.1) is 0 Å². The SMILES string of the molecule is CCN(C(=O)CC1(OC)CCC1)C1CNC1. The molecule has 1 saturated carbocycles. The van der Waals surface area contributed by atoms with Crippen LogP contribution in [0.1, 0.15) is 32.6 Å². The summed E-state index contributed by atoms with van der Waals surface area (Å²) in [6.07, 6.45) is 3.83. The van der Waals surface area contributed by atoms with Crippen LogP contribution in [0, 0.1) is 0 Å². The maximum Gasteiger partial charge on any atom is 0.225 e. The number of hydrogen-bond donors (Lipinski definition) is 1. The third-order valence-electron chi connectivity index (χ3n) is 4.03. The summed E-state index contributed by atoms with van der Waals surface area (Å²) >= 11 is 0. The molecule has 2 fully saturated rings. The standard InChI is InChI=1S/C12H22N2O2/c1-3-14(10-8-13-9-10)11(15)7-12(16-2)5-4-6-12/h10,13H,3-9H2,1-2H3. The van der Waals surface area contributed by atoms with E-state index in [0.717, 1.165) is 32.5 Å². The van der Waals surface area contributed by atoms with Crippen molar-refractivity contribution < 1.29 is 9.53 Å². The number of methoxy groups -OCH3 is 1. The summed E-state index contributed by atoms with van der Waals surface area (Å²) in [7, 11) is 1.73. The zero-order chi connectivity index (χ0) is 11.6. The van der Waals surface area contributed by atoms with Crippen LogP contribution in [0.3, 0.4) is 0 Å². The van der Waals surface area contributed by atoms with Crippen molar-refractivity contribution >= 4 is 5.91 Å². The van der Waals surface area contributed by atoms with Crippen molar-refractivity contribution in [2.75, 3.05) is 26.7 Å². The van der Waals surface area contributed by atoms with Crippen molar-refractivity contribution in [3.63, 3.8) is 0 Å². The number of hydrogen-bond acceptors (Lipinski definition) is 3. The Morgan fingerprint density at radius 2 is 2.19 bits per heavy atom. The first-order chi connectivity index (χ1) is 7.71. The molecule has 1 aliphatic carbocycles. The Kier molecular flexibility index (Phi) is 3.50. The number of nitrogens with zero attached hydrogens (tertiary/aromatic N) is 1. The highest BCUT2D eigenvalue weighted by Gasteiger charge is 2.41. The quantitative estimate of drug-likeness (QED) is 0.752. The molecular formula is C12H22N2O2. The Labute approximate surface area is 97.3 Å². The molecule has 1 saturated heterocycles. The van der Waals surface area contributed by atoms with Crippen LogP contribution in [-0.2, 0) is 9.53 Å². The largest absolute Gasteiger partial charge is 0.378 e. The molecule has 4 heteroatoms. The van der Waals surface area contributed by atoms with Gasteiger partial charge in [0.15, 0.2) is 0 Å². The van der Waals surface area contributed by atoms with Gasteiger partial charge in [-0.1, -0.05) is 0 Å². The van der Waals surface area contributed by atoms with E-state index in [1.54, 1.807) is 7.11 Å². The lowest BCUT2D eigenvalue weighted by molar-refractivity contribution is -0.147. The first kappa shape index (κ1) is 11.9. The van der Waals surface area contributed by atoms with Crippen molar-refractivity contribution in [2.45, 2.75) is 44.2 Å². The summed E-state index contributed by atoms with van der Waals surface area (Å²) in [5.41, 5.74) is -0.137. The lowest BCUT2D eigenvalue weighted by atomic mass is 9.77. The van der Waals surface area contributed by atoms with Gasteiger partial charge in [0.25, 0.3) is 0 Å². The van der Waals surface area contributed by atoms with Crippen LogP contribution in [-0.4, -0.2) is 49.2 Å². The van der Waals surface area contributed by atoms with E-state index in [1.807, 2.05) is 4.90 Å². The minimum atomic E-state index is -0.137. The predicted molar refractivity (Wildman–Crippen MR) is 62.3 cm³/mol. The van der Waals surface area contributed by atoms with E-state index in [9.17, 15) is 4.79 Å². The van der Waals surface area contributed by atoms with Gasteiger partial charge in [0.2, 0.25) is 5.91 Å². The van der Waals surface area contributed by atoms with Crippen LogP contribution in [0.2, 0.25) is 0 Å². The van der Waals surface area contributed by atoms with E-state index in [2.05, 4.69) is 12.2 Å². The Hall–Kier alpha value is -0.610. The van der Waals surface area contributed by atoms with E-state index in [-0.39, 0.29) is 11.5 Å². The van der Waals surface area contributed by atoms with Crippen LogP contribution in [0.5, 0.6) is 0 Å². The lowest BCUT2D eigenvalue weighted by Crippen LogP contribution is -2.60. The lowest BCUT2D eigenvalue weighted by Gasteiger charge is -2.43. The Morgan fingerprint density at radius 3 is 2.50 bits per heavy atom. The van der Waals surface area contributed by atoms with Gasteiger partial charge in [0, 0.05) is 26.7 Å². The molecule has 0 unspecified atom stereocenters. The van der Waals surface area contributed by atoms with Gasteiger partial charge in [-0.25, -0.2) is 0 Å². The molecular weight excluding hydrogens is 204 g/mol. The molecule has 92 valence electrons. The molecule has 1 amide bonds. The van der Waals surface area contributed by atoms with E-state index >= 15 is 0 Å². The van der Waals surface area contributed by atoms with Gasteiger partial charge in [-0.2, -0.15) is 0 Å². The summed E-state index contributed by atoms with van der Waals surface area (Å²) in [5, 5.41) is 3.21. The average molecular weight is 226 g/mol. The molecule has 0 bridgehead atoms. The van der Waals surface area contributed by atoms with E-state index in [0.29, 0.717) is 12.5 Å². The van der Waals surface area contributed by atoms with Crippen LogP contribution in [0.15, 0.2) is 0 Å². The zero-order valence-corrected chi connectivity index (χ0v) is 10.3. The third-order valence-corrected chi connectivity index (χ3v) is 4.03. The Morgan fingerprint density at radius 1 is 1.50 bits per heavy atom. The maximum absolute atomic E-state index is 12.2. The first-order valence-corrected chi connectivity index (χ1v) is 6.26. The van der Waals surface area contributed by atoms with Gasteiger partial charge in [-0.05, 0) is 26.2 Å². The van der Waals surface area contributed by atoms with Gasteiger partial charge in [0.1, 0.15) is 0 Å². The number of rotatable bonds is 5. The number of amides is 1. The molecule has 2 aliphatic rings. The summed E-state index contributed by atoms with van der Waals surface area (Å²) in [4.78, 5) is 14.2. The van der Waals surface area contributed by atoms with Gasteiger partial charge in [-0.3, -0.25) is 4.79 Å². The van der Waals surface area contributed by atoms with E-state index in [1.165, 1.54) is 6.42 Å². The normalized spacial score (nSPS) is 23.4. The average Bonchev–Trinajstić information content (AvgIpc) is 2.16. The fraction of sp³-hybridized carbons (Fsp3) is 0.917. The van der Waals surface area contributed by atoms with Crippen LogP contribution >= 0.6 is 0 Å². The van der Waals surface area contributed by atoms with E-state index < -0.39 is 0 Å². The molecule has 1 N–H and O–H groups in total. The summed E-state index contributed by atoms with van der Waals surface area (Å²) in [6.45, 7) is 4.75. The molecule has 0 radical (unpaired) electrons. The van der Waals surface area contributed by atoms with Gasteiger partial charge in [0.05, 0.1) is 18.1 Å². The smallest absolute Gasteiger partial charge is 0.225 e. The highest BCUT2D eigenvalue weighted by molar-refractivity contribution is 5.78. The zero-order valence-electron chi connectivity index (χ0n) is 10.3. The number of likely N-dealkylation sites (N-methyl/N-ethyl adjacent to an activating group) is 1. The second-order valence-electron chi connectivity index (χ2n) is 4.91. The van der Waals surface area contributed by atoms with Crippen molar-refractivity contribution in [1.29, 1.82) is 0 Å². The third kappa shape index (κ3) is 2.09. The van der Waals surface area contributed by atoms with E-state index in [4.69, 9.17) is 4.74 Å². The molecule has 0 aromatic carbocycles. The Balaban J connectivity index is 1.89. The number of carbonyl (C=O) groups excluding carboxylic acids is 1. The number of nitrogens with one attached hydrogen (secondary N) is 1. The fourth-order valence-corrected chi connectivity index (χ4v) is 2.53. The van der Waals surface area contributed by atoms with Crippen molar-refractivity contribution in [3.05, 3.63) is 0 Å². The van der Waals surface area contributed by atoms with Crippen LogP contribution in [0.25, 0.3) is 0 Å². The molecule has 2 rings (SSSR count). The number of ether oxygens (including phenoxy) is 1. The maximum atomic E-state index is 12.2. The second-order valence-corrected chi connectivity index (χ2v) is 4.91. The minimum absolute atomic E-state index is 0.137. The molecule has 16 heavy (non-hydrogen) atoms. The monoisotopic (exact) mass is 226 g/mol. The van der Waals surface area contributed by atoms with Crippen LogP contribution in [0.4, 0.5) is 0 Å². The topological polar surface area (TPSA) is 41.6 Å². The minimum Gasteiger partial charge on any atom is -0.378 e. The van der Waals surface area contributed by atoms with Crippen molar-refractivity contribution in [2.24, 2.45) is 0 Å². The molecule has 0 aromatic heterocycles. The van der Waals surface area contributed by atoms with Gasteiger partial charge < -0.3 is 15.0 Å². The highest BCUT2D eigenvalue weighted by Crippen LogP contribution is 2.38. The molecule has 1 aliphatic heterocycles. The van der Waals surface area contributed by atoms with Gasteiger partial charge >= 0.3 is 0 Å². The predicted octanol–water partition coefficient (Wildman–Crippen LogP) is 0.766. The molecule has 0 spiro atoms. The summed E-state index contributed by atoms with van der Waals surface area (Å²) in [6, 6.07) is 0.409. The molecule has 4 nitrogen and oxygen atoms in total.